The average molecular weight is 429 g/mol. The molecule has 0 aliphatic heterocycles. The normalized spacial score (nSPS) is 47.2. The molecule has 0 bridgehead atoms. The van der Waals surface area contributed by atoms with Crippen LogP contribution in [0.4, 0.5) is 0 Å². The fourth-order valence-electron chi connectivity index (χ4n) is 9.20. The van der Waals surface area contributed by atoms with Gasteiger partial charge in [0.15, 0.2) is 0 Å². The smallest absolute Gasteiger partial charge is 0.133 e. The van der Waals surface area contributed by atoms with Crippen LogP contribution in [0.2, 0.25) is 0 Å². The zero-order valence-electron chi connectivity index (χ0n) is 21.1. The molecule has 0 aromatic heterocycles. The zero-order chi connectivity index (χ0) is 22.6. The van der Waals surface area contributed by atoms with E-state index in [1.807, 2.05) is 0 Å². The van der Waals surface area contributed by atoms with Gasteiger partial charge in [-0.25, -0.2) is 0 Å². The number of aliphatic hydroxyl groups is 1. The van der Waals surface area contributed by atoms with Gasteiger partial charge in [-0.1, -0.05) is 53.7 Å². The van der Waals surface area contributed by atoms with Crippen LogP contribution in [0.25, 0.3) is 0 Å². The third-order valence-corrected chi connectivity index (χ3v) is 11.2. The highest BCUT2D eigenvalue weighted by Crippen LogP contribution is 2.68. The van der Waals surface area contributed by atoms with E-state index in [0.29, 0.717) is 52.6 Å². The fraction of sp³-hybridized carbons (Fsp3) is 0.897. The maximum absolute atomic E-state index is 12.2. The summed E-state index contributed by atoms with van der Waals surface area (Å²) in [4.78, 5) is 12.2. The highest BCUT2D eigenvalue weighted by molar-refractivity contribution is 5.79. The van der Waals surface area contributed by atoms with E-state index >= 15 is 0 Å². The van der Waals surface area contributed by atoms with Crippen LogP contribution in [0.5, 0.6) is 0 Å². The van der Waals surface area contributed by atoms with Crippen LogP contribution in [-0.2, 0) is 4.79 Å². The lowest BCUT2D eigenvalue weighted by Gasteiger charge is -2.61. The first-order chi connectivity index (χ1) is 14.6. The molecule has 0 amide bonds. The van der Waals surface area contributed by atoms with E-state index in [-0.39, 0.29) is 11.5 Å². The minimum Gasteiger partial charge on any atom is -0.393 e. The molecule has 176 valence electrons. The highest BCUT2D eigenvalue weighted by atomic mass is 16.3. The van der Waals surface area contributed by atoms with E-state index in [2.05, 4.69) is 53.7 Å². The molecule has 4 fully saturated rings. The van der Waals surface area contributed by atoms with E-state index in [9.17, 15) is 9.90 Å². The zero-order valence-corrected chi connectivity index (χ0v) is 21.1. The second-order valence-corrected chi connectivity index (χ2v) is 12.8. The number of fused-ring (bicyclic) bond motifs is 5. The maximum Gasteiger partial charge on any atom is 0.133 e. The first kappa shape index (κ1) is 23.5. The van der Waals surface area contributed by atoms with E-state index in [4.69, 9.17) is 0 Å². The molecule has 0 spiro atoms. The Labute approximate surface area is 191 Å². The van der Waals surface area contributed by atoms with Crippen molar-refractivity contribution < 1.29 is 9.90 Å². The molecule has 1 N–H and O–H groups in total. The van der Waals surface area contributed by atoms with Crippen molar-refractivity contribution in [3.05, 3.63) is 12.2 Å². The Morgan fingerprint density at radius 3 is 2.42 bits per heavy atom. The predicted molar refractivity (Wildman–Crippen MR) is 129 cm³/mol. The molecule has 4 rings (SSSR count). The fourth-order valence-corrected chi connectivity index (χ4v) is 9.20. The number of ketones is 1. The minimum atomic E-state index is -0.200. The first-order valence-electron chi connectivity index (χ1n) is 13.5. The Bertz CT molecular complexity index is 695. The monoisotopic (exact) mass is 428 g/mol. The van der Waals surface area contributed by atoms with Crippen molar-refractivity contribution in [2.75, 3.05) is 0 Å². The van der Waals surface area contributed by atoms with Crippen molar-refractivity contribution in [1.82, 2.24) is 0 Å². The first-order valence-corrected chi connectivity index (χ1v) is 13.5. The third-order valence-electron chi connectivity index (χ3n) is 11.2. The quantitative estimate of drug-likeness (QED) is 0.476. The molecule has 0 aromatic rings. The average Bonchev–Trinajstić information content (AvgIpc) is 3.06. The molecule has 10 atom stereocenters. The van der Waals surface area contributed by atoms with Crippen molar-refractivity contribution in [3.63, 3.8) is 0 Å². The molecule has 0 radical (unpaired) electrons. The lowest BCUT2D eigenvalue weighted by molar-refractivity contribution is -0.168. The summed E-state index contributed by atoms with van der Waals surface area (Å²) >= 11 is 0. The Kier molecular flexibility index (Phi) is 6.54. The molecule has 2 nitrogen and oxygen atoms in total. The number of hydrogen-bond acceptors (Lipinski definition) is 2. The number of carbonyl (C=O) groups excluding carboxylic acids is 1. The maximum atomic E-state index is 12.2. The van der Waals surface area contributed by atoms with Crippen LogP contribution in [0.15, 0.2) is 12.2 Å². The summed E-state index contributed by atoms with van der Waals surface area (Å²) in [6.07, 6.45) is 14.7. The Morgan fingerprint density at radius 2 is 1.74 bits per heavy atom. The van der Waals surface area contributed by atoms with Crippen molar-refractivity contribution in [2.24, 2.45) is 58.2 Å². The summed E-state index contributed by atoms with van der Waals surface area (Å²) in [5, 5.41) is 11.4. The number of allylic oxidation sites excluding steroid dienone is 2. The summed E-state index contributed by atoms with van der Waals surface area (Å²) in [5.74, 6) is 5.33. The molecule has 4 saturated carbocycles. The van der Waals surface area contributed by atoms with Gasteiger partial charge in [-0.15, -0.1) is 0 Å². The number of Topliss-reactive ketones (excluding diaryl/α,β-unsaturated/α-hetero) is 1. The SMILES string of the molecule is CCC(/C=C/C(C)C1CCC2C3C(CCC12C)C1(C)CCC(=O)C[C@@H]1C[C@H]3O)C(C)C. The van der Waals surface area contributed by atoms with Gasteiger partial charge in [0, 0.05) is 12.8 Å². The second-order valence-electron chi connectivity index (χ2n) is 12.8. The summed E-state index contributed by atoms with van der Waals surface area (Å²) in [7, 11) is 0. The molecular formula is C29H48O2. The predicted octanol–water partition coefficient (Wildman–Crippen LogP) is 7.06. The van der Waals surface area contributed by atoms with Gasteiger partial charge in [0.2, 0.25) is 0 Å². The van der Waals surface area contributed by atoms with Crippen LogP contribution < -0.4 is 0 Å². The van der Waals surface area contributed by atoms with Crippen LogP contribution in [0.3, 0.4) is 0 Å². The van der Waals surface area contributed by atoms with Crippen LogP contribution in [0.1, 0.15) is 99.3 Å². The van der Waals surface area contributed by atoms with E-state index in [1.165, 1.54) is 32.1 Å². The molecule has 4 aliphatic rings. The van der Waals surface area contributed by atoms with Gasteiger partial charge in [0.05, 0.1) is 6.10 Å². The summed E-state index contributed by atoms with van der Waals surface area (Å²) in [5.41, 5.74) is 0.632. The lowest BCUT2D eigenvalue weighted by Crippen LogP contribution is -2.58. The highest BCUT2D eigenvalue weighted by Gasteiger charge is 2.62. The van der Waals surface area contributed by atoms with Gasteiger partial charge in [-0.2, -0.15) is 0 Å². The van der Waals surface area contributed by atoms with Gasteiger partial charge in [0.1, 0.15) is 5.78 Å². The Morgan fingerprint density at radius 1 is 1.03 bits per heavy atom. The van der Waals surface area contributed by atoms with E-state index in [0.717, 1.165) is 31.6 Å². The summed E-state index contributed by atoms with van der Waals surface area (Å²) in [6.45, 7) is 14.5. The van der Waals surface area contributed by atoms with Gasteiger partial charge in [-0.05, 0) is 103 Å². The van der Waals surface area contributed by atoms with Crippen LogP contribution >= 0.6 is 0 Å². The van der Waals surface area contributed by atoms with E-state index in [1.54, 1.807) is 0 Å². The van der Waals surface area contributed by atoms with Gasteiger partial charge in [-0.3, -0.25) is 4.79 Å². The van der Waals surface area contributed by atoms with Crippen molar-refractivity contribution in [3.8, 4) is 0 Å². The molecule has 0 heterocycles. The topological polar surface area (TPSA) is 37.3 Å². The van der Waals surface area contributed by atoms with E-state index < -0.39 is 0 Å². The number of rotatable bonds is 5. The molecule has 4 aliphatic carbocycles. The molecule has 0 aromatic carbocycles. The number of carbonyl (C=O) groups is 1. The second kappa shape index (κ2) is 8.62. The van der Waals surface area contributed by atoms with Gasteiger partial charge < -0.3 is 5.11 Å². The van der Waals surface area contributed by atoms with Crippen LogP contribution in [-0.4, -0.2) is 17.0 Å². The summed E-state index contributed by atoms with van der Waals surface area (Å²) < 4.78 is 0. The number of hydrogen-bond donors (Lipinski definition) is 1. The summed E-state index contributed by atoms with van der Waals surface area (Å²) in [6, 6.07) is 0. The van der Waals surface area contributed by atoms with Crippen LogP contribution in [0, 0.1) is 58.2 Å². The molecule has 0 saturated heterocycles. The standard InChI is InChI=1S/C29H48O2/c1-7-20(18(2)3)9-8-19(4)23-10-11-24-27-25(13-15-29(23,24)6)28(5)14-12-22(30)16-21(28)17-26(27)31/h8-9,18-21,23-27,31H,7,10-17H2,1-6H3/b9-8+/t19?,20?,21-,23?,24?,25?,26-,27?,28?,29?/m1/s1. The Balaban J connectivity index is 1.54. The van der Waals surface area contributed by atoms with Crippen molar-refractivity contribution in [1.29, 1.82) is 0 Å². The third kappa shape index (κ3) is 3.87. The number of aliphatic hydroxyl groups excluding tert-OH is 1. The van der Waals surface area contributed by atoms with Gasteiger partial charge in [0.25, 0.3) is 0 Å². The molecule has 31 heavy (non-hydrogen) atoms. The molecular weight excluding hydrogens is 380 g/mol. The minimum absolute atomic E-state index is 0.200. The van der Waals surface area contributed by atoms with Gasteiger partial charge >= 0.3 is 0 Å². The molecule has 8 unspecified atom stereocenters. The molecule has 2 heteroatoms. The lowest BCUT2D eigenvalue weighted by atomic mass is 9.44. The van der Waals surface area contributed by atoms with Crippen molar-refractivity contribution in [2.45, 2.75) is 105 Å². The largest absolute Gasteiger partial charge is 0.393 e. The van der Waals surface area contributed by atoms with Crippen molar-refractivity contribution >= 4 is 5.78 Å². The Hall–Kier alpha value is -0.630.